The first-order chi connectivity index (χ1) is 13.5. The van der Waals surface area contributed by atoms with E-state index in [0.29, 0.717) is 0 Å². The van der Waals surface area contributed by atoms with Gasteiger partial charge in [-0.3, -0.25) is 4.90 Å². The third-order valence-corrected chi connectivity index (χ3v) is 6.19. The lowest BCUT2D eigenvalue weighted by atomic mass is 9.97. The molecule has 0 saturated heterocycles. The van der Waals surface area contributed by atoms with Crippen LogP contribution in [0.1, 0.15) is 71.8 Å². The molecule has 0 radical (unpaired) electrons. The van der Waals surface area contributed by atoms with Crippen LogP contribution in [0, 0.1) is 5.92 Å². The van der Waals surface area contributed by atoms with Crippen LogP contribution in [-0.2, 0) is 11.3 Å². The van der Waals surface area contributed by atoms with Gasteiger partial charge in [-0.1, -0.05) is 75.8 Å². The molecule has 0 N–H and O–H groups in total. The minimum atomic E-state index is -0.0286. The lowest BCUT2D eigenvalue weighted by molar-refractivity contribution is -0.0498. The van der Waals surface area contributed by atoms with Gasteiger partial charge >= 0.3 is 0 Å². The van der Waals surface area contributed by atoms with Gasteiger partial charge in [-0.25, -0.2) is 0 Å². The molecule has 0 aromatic heterocycles. The van der Waals surface area contributed by atoms with E-state index in [9.17, 15) is 0 Å². The van der Waals surface area contributed by atoms with Gasteiger partial charge in [0.2, 0.25) is 0 Å². The fraction of sp³-hybridized carbons (Fsp3) is 0.615. The first-order valence-electron chi connectivity index (χ1n) is 11.3. The van der Waals surface area contributed by atoms with E-state index in [1.165, 1.54) is 30.4 Å². The van der Waals surface area contributed by atoms with Gasteiger partial charge in [0.1, 0.15) is 0 Å². The molecule has 1 aromatic carbocycles. The monoisotopic (exact) mass is 383 g/mol. The molecule has 0 heterocycles. The largest absolute Gasteiger partial charge is 0.375 e. The van der Waals surface area contributed by atoms with Gasteiger partial charge < -0.3 is 4.74 Å². The summed E-state index contributed by atoms with van der Waals surface area (Å²) in [6, 6.07) is 10.8. The molecular weight excluding hydrogens is 342 g/mol. The van der Waals surface area contributed by atoms with Crippen LogP contribution in [0.3, 0.4) is 0 Å². The molecule has 0 spiro atoms. The molecule has 1 aliphatic carbocycles. The third kappa shape index (κ3) is 8.32. The van der Waals surface area contributed by atoms with Crippen molar-refractivity contribution >= 4 is 0 Å². The highest BCUT2D eigenvalue weighted by Crippen LogP contribution is 2.23. The van der Waals surface area contributed by atoms with E-state index in [1.807, 2.05) is 0 Å². The van der Waals surface area contributed by atoms with Gasteiger partial charge in [0, 0.05) is 26.2 Å². The molecule has 2 nitrogen and oxygen atoms in total. The SMILES string of the molecule is CCC(C)CCOC(C)(CC)CCN(CC1=CCCC=C1)Cc1ccccc1. The molecule has 0 saturated carbocycles. The number of ether oxygens (including phenoxy) is 1. The van der Waals surface area contributed by atoms with Crippen molar-refractivity contribution in [3.63, 3.8) is 0 Å². The Bertz CT molecular complexity index is 606. The van der Waals surface area contributed by atoms with E-state index in [1.54, 1.807) is 0 Å². The van der Waals surface area contributed by atoms with Gasteiger partial charge in [0.25, 0.3) is 0 Å². The van der Waals surface area contributed by atoms with Crippen LogP contribution in [0.5, 0.6) is 0 Å². The average Bonchev–Trinajstić information content (AvgIpc) is 2.73. The summed E-state index contributed by atoms with van der Waals surface area (Å²) in [5.74, 6) is 0.751. The highest BCUT2D eigenvalue weighted by molar-refractivity contribution is 5.24. The summed E-state index contributed by atoms with van der Waals surface area (Å²) in [7, 11) is 0. The van der Waals surface area contributed by atoms with Crippen molar-refractivity contribution in [1.29, 1.82) is 0 Å². The molecule has 28 heavy (non-hydrogen) atoms. The standard InChI is InChI=1S/C26H41NO/c1-5-23(3)17-20-28-26(4,6-2)18-19-27(21-24-13-9-7-10-14-24)22-25-15-11-8-12-16-25/h7,9-11,13-16,23H,5-6,8,12,17-22H2,1-4H3. The lowest BCUT2D eigenvalue weighted by Crippen LogP contribution is -2.36. The maximum Gasteiger partial charge on any atom is 0.0664 e. The topological polar surface area (TPSA) is 12.5 Å². The summed E-state index contributed by atoms with van der Waals surface area (Å²) >= 11 is 0. The fourth-order valence-electron chi connectivity index (χ4n) is 3.56. The van der Waals surface area contributed by atoms with Crippen molar-refractivity contribution in [1.82, 2.24) is 4.90 Å². The Hall–Kier alpha value is -1.38. The molecule has 2 rings (SSSR count). The Labute approximate surface area is 173 Å². The number of allylic oxidation sites excluding steroid dienone is 2. The van der Waals surface area contributed by atoms with Gasteiger partial charge in [-0.15, -0.1) is 0 Å². The Morgan fingerprint density at radius 2 is 1.89 bits per heavy atom. The highest BCUT2D eigenvalue weighted by Gasteiger charge is 2.24. The number of hydrogen-bond acceptors (Lipinski definition) is 2. The summed E-state index contributed by atoms with van der Waals surface area (Å²) in [5.41, 5.74) is 2.82. The van der Waals surface area contributed by atoms with Crippen molar-refractivity contribution in [3.05, 3.63) is 59.7 Å². The average molecular weight is 384 g/mol. The molecule has 156 valence electrons. The maximum absolute atomic E-state index is 6.39. The molecule has 0 fully saturated rings. The molecule has 2 unspecified atom stereocenters. The molecule has 0 aliphatic heterocycles. The number of benzene rings is 1. The van der Waals surface area contributed by atoms with Crippen molar-refractivity contribution in [3.8, 4) is 0 Å². The second-order valence-corrected chi connectivity index (χ2v) is 8.66. The molecule has 2 heteroatoms. The molecule has 0 bridgehead atoms. The van der Waals surface area contributed by atoms with Crippen LogP contribution < -0.4 is 0 Å². The highest BCUT2D eigenvalue weighted by atomic mass is 16.5. The minimum absolute atomic E-state index is 0.0286. The first kappa shape index (κ1) is 22.9. The minimum Gasteiger partial charge on any atom is -0.375 e. The van der Waals surface area contributed by atoms with Crippen molar-refractivity contribution < 1.29 is 4.74 Å². The number of hydrogen-bond donors (Lipinski definition) is 0. The first-order valence-corrected chi connectivity index (χ1v) is 11.3. The quantitative estimate of drug-likeness (QED) is 0.372. The smallest absolute Gasteiger partial charge is 0.0664 e. The third-order valence-electron chi connectivity index (χ3n) is 6.19. The van der Waals surface area contributed by atoms with Crippen molar-refractivity contribution in [2.24, 2.45) is 5.92 Å². The zero-order valence-electron chi connectivity index (χ0n) is 18.6. The van der Waals surface area contributed by atoms with Crippen LogP contribution in [0.4, 0.5) is 0 Å². The zero-order valence-corrected chi connectivity index (χ0v) is 18.6. The second kappa shape index (κ2) is 12.2. The Morgan fingerprint density at radius 3 is 2.54 bits per heavy atom. The molecule has 0 amide bonds. The van der Waals surface area contributed by atoms with E-state index < -0.39 is 0 Å². The normalized spacial score (nSPS) is 17.4. The Kier molecular flexibility index (Phi) is 10.0. The summed E-state index contributed by atoms with van der Waals surface area (Å²) in [6.45, 7) is 13.1. The van der Waals surface area contributed by atoms with Gasteiger partial charge in [0.05, 0.1) is 5.60 Å². The van der Waals surface area contributed by atoms with E-state index in [2.05, 4.69) is 81.2 Å². The number of nitrogens with zero attached hydrogens (tertiary/aromatic N) is 1. The van der Waals surface area contributed by atoms with Crippen LogP contribution in [0.2, 0.25) is 0 Å². The zero-order chi connectivity index (χ0) is 20.2. The van der Waals surface area contributed by atoms with E-state index in [0.717, 1.165) is 51.4 Å². The van der Waals surface area contributed by atoms with Gasteiger partial charge in [-0.2, -0.15) is 0 Å². The van der Waals surface area contributed by atoms with Crippen molar-refractivity contribution in [2.75, 3.05) is 19.7 Å². The molecule has 1 aliphatic rings. The van der Waals surface area contributed by atoms with Gasteiger partial charge in [-0.05, 0) is 56.1 Å². The molecule has 1 aromatic rings. The summed E-state index contributed by atoms with van der Waals surface area (Å²) < 4.78 is 6.39. The van der Waals surface area contributed by atoms with Crippen molar-refractivity contribution in [2.45, 2.75) is 78.4 Å². The van der Waals surface area contributed by atoms with Crippen LogP contribution in [0.15, 0.2) is 54.1 Å². The van der Waals surface area contributed by atoms with Crippen LogP contribution in [-0.4, -0.2) is 30.2 Å². The summed E-state index contributed by atoms with van der Waals surface area (Å²) in [4.78, 5) is 2.59. The summed E-state index contributed by atoms with van der Waals surface area (Å²) in [5, 5.41) is 0. The summed E-state index contributed by atoms with van der Waals surface area (Å²) in [6.07, 6.45) is 13.9. The lowest BCUT2D eigenvalue weighted by Gasteiger charge is -2.33. The predicted octanol–water partition coefficient (Wildman–Crippen LogP) is 6.78. The van der Waals surface area contributed by atoms with E-state index >= 15 is 0 Å². The van der Waals surface area contributed by atoms with E-state index in [-0.39, 0.29) is 5.60 Å². The Balaban J connectivity index is 1.95. The predicted molar refractivity (Wildman–Crippen MR) is 122 cm³/mol. The van der Waals surface area contributed by atoms with Crippen LogP contribution in [0.25, 0.3) is 0 Å². The fourth-order valence-corrected chi connectivity index (χ4v) is 3.56. The Morgan fingerprint density at radius 1 is 1.11 bits per heavy atom. The molecule has 2 atom stereocenters. The number of rotatable bonds is 13. The van der Waals surface area contributed by atoms with Gasteiger partial charge in [0.15, 0.2) is 0 Å². The molecular formula is C26H41NO. The van der Waals surface area contributed by atoms with E-state index in [4.69, 9.17) is 4.74 Å². The second-order valence-electron chi connectivity index (χ2n) is 8.66. The van der Waals surface area contributed by atoms with Crippen LogP contribution >= 0.6 is 0 Å². The maximum atomic E-state index is 6.39.